The summed E-state index contributed by atoms with van der Waals surface area (Å²) < 4.78 is 7.07. The molecule has 110 valence electrons. The maximum Gasteiger partial charge on any atom is 0.0641 e. The van der Waals surface area contributed by atoms with Crippen molar-refractivity contribution >= 4 is 0 Å². The fraction of sp³-hybridized carbons (Fsp3) is 0.786. The molecular weight excluding hydrogens is 240 g/mol. The van der Waals surface area contributed by atoms with Crippen molar-refractivity contribution < 1.29 is 4.74 Å². The third-order valence-electron chi connectivity index (χ3n) is 3.26. The zero-order valence-electron chi connectivity index (χ0n) is 12.9. The Balaban J connectivity index is 2.91. The average molecular weight is 268 g/mol. The lowest BCUT2D eigenvalue weighted by molar-refractivity contribution is 0.111. The zero-order valence-corrected chi connectivity index (χ0v) is 12.9. The first-order valence-electron chi connectivity index (χ1n) is 6.92. The predicted octanol–water partition coefficient (Wildman–Crippen LogP) is 1.33. The quantitative estimate of drug-likeness (QED) is 0.773. The average Bonchev–Trinajstić information content (AvgIpc) is 2.65. The highest BCUT2D eigenvalue weighted by atomic mass is 16.5. The van der Waals surface area contributed by atoms with Gasteiger partial charge in [-0.1, -0.05) is 13.8 Å². The Morgan fingerprint density at radius 3 is 2.58 bits per heavy atom. The van der Waals surface area contributed by atoms with Gasteiger partial charge in [0.25, 0.3) is 0 Å². The highest BCUT2D eigenvalue weighted by Crippen LogP contribution is 2.23. The largest absolute Gasteiger partial charge is 0.383 e. The van der Waals surface area contributed by atoms with Crippen molar-refractivity contribution in [2.45, 2.75) is 26.8 Å². The summed E-state index contributed by atoms with van der Waals surface area (Å²) in [5.41, 5.74) is 8.29. The molecule has 5 nitrogen and oxygen atoms in total. The molecule has 1 unspecified atom stereocenters. The third kappa shape index (κ3) is 4.60. The van der Waals surface area contributed by atoms with Crippen molar-refractivity contribution in [2.75, 3.05) is 33.4 Å². The minimum Gasteiger partial charge on any atom is -0.383 e. The minimum atomic E-state index is 0.214. The molecule has 0 saturated heterocycles. The fourth-order valence-corrected chi connectivity index (χ4v) is 2.47. The minimum absolute atomic E-state index is 0.214. The third-order valence-corrected chi connectivity index (χ3v) is 3.26. The van der Waals surface area contributed by atoms with E-state index in [1.165, 1.54) is 5.56 Å². The number of aryl methyl sites for hydroxylation is 2. The Kier molecular flexibility index (Phi) is 6.48. The molecule has 2 N–H and O–H groups in total. The Labute approximate surface area is 116 Å². The lowest BCUT2D eigenvalue weighted by Crippen LogP contribution is -2.38. The van der Waals surface area contributed by atoms with E-state index in [-0.39, 0.29) is 6.04 Å². The topological polar surface area (TPSA) is 56.3 Å². The Hall–Kier alpha value is -0.910. The fourth-order valence-electron chi connectivity index (χ4n) is 2.47. The zero-order chi connectivity index (χ0) is 14.4. The summed E-state index contributed by atoms with van der Waals surface area (Å²) >= 11 is 0. The monoisotopic (exact) mass is 268 g/mol. The van der Waals surface area contributed by atoms with Crippen LogP contribution in [0.25, 0.3) is 0 Å². The molecular formula is C14H28N4O. The van der Waals surface area contributed by atoms with Crippen LogP contribution >= 0.6 is 0 Å². The summed E-state index contributed by atoms with van der Waals surface area (Å²) in [7, 11) is 3.69. The molecule has 1 heterocycles. The number of nitrogens with two attached hydrogens (primary N) is 1. The van der Waals surface area contributed by atoms with Gasteiger partial charge in [0.1, 0.15) is 0 Å². The van der Waals surface area contributed by atoms with Crippen LogP contribution in [-0.4, -0.2) is 48.0 Å². The van der Waals surface area contributed by atoms with Crippen LogP contribution in [0, 0.1) is 12.8 Å². The first-order chi connectivity index (χ1) is 8.99. The second-order valence-corrected chi connectivity index (χ2v) is 5.48. The van der Waals surface area contributed by atoms with E-state index in [9.17, 15) is 0 Å². The van der Waals surface area contributed by atoms with Gasteiger partial charge in [-0.05, 0) is 12.8 Å². The van der Waals surface area contributed by atoms with E-state index in [2.05, 4.69) is 30.0 Å². The van der Waals surface area contributed by atoms with E-state index in [4.69, 9.17) is 10.5 Å². The van der Waals surface area contributed by atoms with Crippen LogP contribution < -0.4 is 5.73 Å². The number of methoxy groups -OCH3 is 1. The van der Waals surface area contributed by atoms with Crippen molar-refractivity contribution in [3.8, 4) is 0 Å². The van der Waals surface area contributed by atoms with Gasteiger partial charge >= 0.3 is 0 Å². The highest BCUT2D eigenvalue weighted by molar-refractivity contribution is 5.20. The number of nitrogens with zero attached hydrogens (tertiary/aromatic N) is 3. The van der Waals surface area contributed by atoms with Gasteiger partial charge in [0.2, 0.25) is 0 Å². The van der Waals surface area contributed by atoms with Crippen LogP contribution in [-0.2, 0) is 11.8 Å². The molecule has 5 heteroatoms. The molecule has 1 atom stereocenters. The molecule has 0 aromatic carbocycles. The van der Waals surface area contributed by atoms with E-state index >= 15 is 0 Å². The molecule has 19 heavy (non-hydrogen) atoms. The van der Waals surface area contributed by atoms with E-state index in [0.717, 1.165) is 25.4 Å². The van der Waals surface area contributed by atoms with Crippen LogP contribution in [0.2, 0.25) is 0 Å². The molecule has 0 saturated carbocycles. The van der Waals surface area contributed by atoms with Gasteiger partial charge in [-0.15, -0.1) is 0 Å². The molecule has 0 aliphatic rings. The van der Waals surface area contributed by atoms with Crippen LogP contribution in [0.15, 0.2) is 6.20 Å². The number of hydrogen-bond donors (Lipinski definition) is 1. The summed E-state index contributed by atoms with van der Waals surface area (Å²) in [6, 6.07) is 0.214. The predicted molar refractivity (Wildman–Crippen MR) is 78.0 cm³/mol. The van der Waals surface area contributed by atoms with Crippen molar-refractivity contribution in [1.82, 2.24) is 14.7 Å². The smallest absolute Gasteiger partial charge is 0.0641 e. The normalized spacial score (nSPS) is 13.5. The molecule has 1 aromatic heterocycles. The molecule has 0 bridgehead atoms. The first-order valence-corrected chi connectivity index (χ1v) is 6.92. The molecule has 0 aliphatic heterocycles. The standard InChI is InChI=1S/C14H28N4O/c1-11(2)9-18(6-7-19-5)14(8-15)13-10-17(4)16-12(13)3/h10-11,14H,6-9,15H2,1-5H3. The highest BCUT2D eigenvalue weighted by Gasteiger charge is 2.22. The summed E-state index contributed by atoms with van der Waals surface area (Å²) in [4.78, 5) is 2.40. The number of hydrogen-bond acceptors (Lipinski definition) is 4. The van der Waals surface area contributed by atoms with Crippen LogP contribution in [0.5, 0.6) is 0 Å². The van der Waals surface area contributed by atoms with Gasteiger partial charge in [-0.2, -0.15) is 5.10 Å². The number of aromatic nitrogens is 2. The molecule has 0 spiro atoms. The molecule has 0 radical (unpaired) electrons. The SMILES string of the molecule is COCCN(CC(C)C)C(CN)c1cn(C)nc1C. The number of rotatable bonds is 8. The van der Waals surface area contributed by atoms with E-state index in [1.807, 2.05) is 18.7 Å². The Bertz CT molecular complexity index is 376. The van der Waals surface area contributed by atoms with Crippen molar-refractivity contribution in [3.63, 3.8) is 0 Å². The molecule has 1 aromatic rings. The van der Waals surface area contributed by atoms with Gasteiger partial charge in [0.05, 0.1) is 18.3 Å². The van der Waals surface area contributed by atoms with Gasteiger partial charge in [-0.3, -0.25) is 9.58 Å². The summed E-state index contributed by atoms with van der Waals surface area (Å²) in [5.74, 6) is 0.600. The van der Waals surface area contributed by atoms with Gasteiger partial charge in [0, 0.05) is 45.6 Å². The van der Waals surface area contributed by atoms with Crippen LogP contribution in [0.4, 0.5) is 0 Å². The molecule has 0 amide bonds. The summed E-state index contributed by atoms with van der Waals surface area (Å²) in [5, 5.41) is 4.42. The van der Waals surface area contributed by atoms with Crippen LogP contribution in [0.3, 0.4) is 0 Å². The summed E-state index contributed by atoms with van der Waals surface area (Å²) in [6.07, 6.45) is 2.08. The lowest BCUT2D eigenvalue weighted by atomic mass is 10.0. The maximum absolute atomic E-state index is 6.01. The van der Waals surface area contributed by atoms with Gasteiger partial charge < -0.3 is 10.5 Å². The van der Waals surface area contributed by atoms with Crippen molar-refractivity contribution in [3.05, 3.63) is 17.5 Å². The number of ether oxygens (including phenoxy) is 1. The first kappa shape index (κ1) is 16.1. The van der Waals surface area contributed by atoms with Gasteiger partial charge in [0.15, 0.2) is 0 Å². The Morgan fingerprint density at radius 2 is 2.16 bits per heavy atom. The molecule has 0 fully saturated rings. The van der Waals surface area contributed by atoms with Crippen molar-refractivity contribution in [1.29, 1.82) is 0 Å². The second kappa shape index (κ2) is 7.62. The Morgan fingerprint density at radius 1 is 1.47 bits per heavy atom. The van der Waals surface area contributed by atoms with Crippen LogP contribution in [0.1, 0.15) is 31.1 Å². The molecule has 1 rings (SSSR count). The molecule has 0 aliphatic carbocycles. The second-order valence-electron chi connectivity index (χ2n) is 5.48. The van der Waals surface area contributed by atoms with Gasteiger partial charge in [-0.25, -0.2) is 0 Å². The summed E-state index contributed by atoms with van der Waals surface area (Å²) in [6.45, 7) is 9.73. The van der Waals surface area contributed by atoms with E-state index in [1.54, 1.807) is 7.11 Å². The van der Waals surface area contributed by atoms with E-state index < -0.39 is 0 Å². The van der Waals surface area contributed by atoms with Crippen molar-refractivity contribution in [2.24, 2.45) is 18.7 Å². The maximum atomic E-state index is 6.01. The van der Waals surface area contributed by atoms with E-state index in [0.29, 0.717) is 12.5 Å². The lowest BCUT2D eigenvalue weighted by Gasteiger charge is -2.32.